The minimum atomic E-state index is -1.05. The number of allylic oxidation sites excluding steroid dienone is 1. The second-order valence-corrected chi connectivity index (χ2v) is 2.54. The Morgan fingerprint density at radius 1 is 1.79 bits per heavy atom. The predicted octanol–water partition coefficient (Wildman–Crippen LogP) is 0.774. The molecule has 69 valence electrons. The normalized spacial score (nSPS) is 14.9. The molecule has 0 aromatic heterocycles. The Bertz CT molecular complexity index is 374. The molecule has 3 nitrogen and oxygen atoms in total. The Hall–Kier alpha value is -0.846. The minimum Gasteiger partial charge on any atom is -0.521 e. The van der Waals surface area contributed by atoms with Gasteiger partial charge in [0.05, 0.1) is 0 Å². The predicted molar refractivity (Wildman–Crippen MR) is 48.2 cm³/mol. The van der Waals surface area contributed by atoms with Gasteiger partial charge in [-0.2, -0.15) is 0 Å². The summed E-state index contributed by atoms with van der Waals surface area (Å²) in [5, 5.41) is 8.69. The molecule has 0 aliphatic carbocycles. The van der Waals surface area contributed by atoms with Gasteiger partial charge in [0, 0.05) is 32.7 Å². The Morgan fingerprint density at radius 3 is 2.79 bits per heavy atom. The number of carbonyl (C=O) groups is 1. The molecule has 0 aromatic rings. The van der Waals surface area contributed by atoms with Crippen LogP contribution >= 0.6 is 0 Å². The van der Waals surface area contributed by atoms with E-state index in [0.29, 0.717) is 11.3 Å². The van der Waals surface area contributed by atoms with Crippen molar-refractivity contribution >= 4 is 5.97 Å². The molecule has 0 spiro atoms. The van der Waals surface area contributed by atoms with Crippen LogP contribution in [0.25, 0.3) is 0 Å². The van der Waals surface area contributed by atoms with Crippen LogP contribution in [0.2, 0.25) is 0 Å². The number of aliphatic carboxylic acids is 1. The van der Waals surface area contributed by atoms with Gasteiger partial charge in [0.25, 0.3) is 0 Å². The van der Waals surface area contributed by atoms with Crippen LogP contribution in [0.3, 0.4) is 0 Å². The Balaban J connectivity index is 0.00000169. The zero-order valence-corrected chi connectivity index (χ0v) is 10.6. The maximum absolute atomic E-state index is 10.6. The van der Waals surface area contributed by atoms with E-state index in [0.717, 1.165) is 0 Å². The van der Waals surface area contributed by atoms with Crippen molar-refractivity contribution in [2.24, 2.45) is 0 Å². The van der Waals surface area contributed by atoms with Gasteiger partial charge in [-0.05, 0) is 23.9 Å². The molecule has 14 heavy (non-hydrogen) atoms. The van der Waals surface area contributed by atoms with E-state index in [9.17, 15) is 4.79 Å². The topological polar surface area (TPSA) is 40.5 Å². The minimum absolute atomic E-state index is 0. The first kappa shape index (κ1) is 13.2. The first-order valence-electron chi connectivity index (χ1n) is 3.54. The Labute approximate surface area is 108 Å². The zero-order valence-electron chi connectivity index (χ0n) is 7.74. The van der Waals surface area contributed by atoms with Crippen molar-refractivity contribution in [1.82, 2.24) is 4.90 Å². The molecule has 0 unspecified atom stereocenters. The quantitative estimate of drug-likeness (QED) is 0.561. The summed E-state index contributed by atoms with van der Waals surface area (Å²) < 4.78 is 0. The van der Waals surface area contributed by atoms with Crippen LogP contribution in [0.1, 0.15) is 0 Å². The van der Waals surface area contributed by atoms with Crippen molar-refractivity contribution in [3.05, 3.63) is 35.7 Å². The van der Waals surface area contributed by atoms with E-state index in [1.54, 1.807) is 7.05 Å². The van der Waals surface area contributed by atoms with Crippen LogP contribution in [0.15, 0.2) is 29.5 Å². The summed E-state index contributed by atoms with van der Waals surface area (Å²) in [5.74, 6) is 1.32. The molecule has 0 saturated carbocycles. The SMILES string of the molecule is C#CC1=CC(C(=O)O)=[C-]N(C)C1=C.[Y]. The van der Waals surface area contributed by atoms with Crippen molar-refractivity contribution in [3.8, 4) is 12.3 Å². The second-order valence-electron chi connectivity index (χ2n) is 2.54. The van der Waals surface area contributed by atoms with Gasteiger partial charge < -0.3 is 14.8 Å². The van der Waals surface area contributed by atoms with E-state index in [4.69, 9.17) is 11.5 Å². The number of nitrogens with zero attached hydrogens (tertiary/aromatic N) is 1. The molecule has 1 N–H and O–H groups in total. The van der Waals surface area contributed by atoms with Gasteiger partial charge in [0.2, 0.25) is 5.97 Å². The van der Waals surface area contributed by atoms with Crippen LogP contribution in [0.4, 0.5) is 0 Å². The molecule has 4 heteroatoms. The molecule has 0 fully saturated rings. The second kappa shape index (κ2) is 5.14. The summed E-state index contributed by atoms with van der Waals surface area (Å²) in [5.41, 5.74) is 1.09. The standard InChI is InChI=1S/C10H8NO2.Y/c1-4-8-5-9(10(12)13)6-11(3)7(8)2;/h1,5H,2H2,3H3,(H,12,13);/q-1;. The number of rotatable bonds is 1. The van der Waals surface area contributed by atoms with E-state index in [1.165, 1.54) is 11.0 Å². The van der Waals surface area contributed by atoms with Gasteiger partial charge in [-0.15, -0.1) is 19.1 Å². The zero-order chi connectivity index (χ0) is 10.0. The summed E-state index contributed by atoms with van der Waals surface area (Å²) in [6.45, 7) is 3.69. The molecule has 1 aliphatic rings. The van der Waals surface area contributed by atoms with Gasteiger partial charge in [0.15, 0.2) is 0 Å². The summed E-state index contributed by atoms with van der Waals surface area (Å²) >= 11 is 0. The molecule has 0 saturated heterocycles. The monoisotopic (exact) mass is 263 g/mol. The first-order chi connectivity index (χ1) is 6.06. The van der Waals surface area contributed by atoms with Gasteiger partial charge >= 0.3 is 0 Å². The third-order valence-corrected chi connectivity index (χ3v) is 1.68. The number of terminal acetylenes is 1. The smallest absolute Gasteiger partial charge is 0.249 e. The fourth-order valence-corrected chi connectivity index (χ4v) is 0.923. The van der Waals surface area contributed by atoms with Crippen LogP contribution in [-0.2, 0) is 37.5 Å². The average molecular weight is 263 g/mol. The van der Waals surface area contributed by atoms with Crippen LogP contribution in [0, 0.1) is 18.5 Å². The van der Waals surface area contributed by atoms with Gasteiger partial charge in [-0.3, -0.25) is 0 Å². The fraction of sp³-hybridized carbons (Fsp3) is 0.100. The molecule has 0 amide bonds. The number of hydrogen-bond donors (Lipinski definition) is 1. The Morgan fingerprint density at radius 2 is 2.36 bits per heavy atom. The van der Waals surface area contributed by atoms with E-state index in [1.807, 2.05) is 0 Å². The molecule has 1 radical (unpaired) electrons. The van der Waals surface area contributed by atoms with Crippen molar-refractivity contribution in [1.29, 1.82) is 0 Å². The van der Waals surface area contributed by atoms with E-state index >= 15 is 0 Å². The van der Waals surface area contributed by atoms with Crippen LogP contribution in [-0.4, -0.2) is 23.0 Å². The molecule has 0 bridgehead atoms. The van der Waals surface area contributed by atoms with E-state index in [-0.39, 0.29) is 38.3 Å². The first-order valence-corrected chi connectivity index (χ1v) is 3.54. The summed E-state index contributed by atoms with van der Waals surface area (Å²) in [7, 11) is 1.65. The maximum atomic E-state index is 10.6. The van der Waals surface area contributed by atoms with Crippen LogP contribution < -0.4 is 0 Å². The van der Waals surface area contributed by atoms with E-state index < -0.39 is 5.97 Å². The van der Waals surface area contributed by atoms with Gasteiger partial charge in [-0.25, -0.2) is 0 Å². The largest absolute Gasteiger partial charge is 0.521 e. The number of carboxylic acid groups (broad SMARTS) is 1. The summed E-state index contributed by atoms with van der Waals surface area (Å²) in [4.78, 5) is 12.1. The van der Waals surface area contributed by atoms with Crippen molar-refractivity contribution in [3.63, 3.8) is 0 Å². The number of likely N-dealkylation sites (N-methyl/N-ethyl adjacent to an activating group) is 1. The fourth-order valence-electron chi connectivity index (χ4n) is 0.923. The third-order valence-electron chi connectivity index (χ3n) is 1.68. The van der Waals surface area contributed by atoms with Gasteiger partial charge in [-0.1, -0.05) is 12.1 Å². The number of hydrogen-bond acceptors (Lipinski definition) is 2. The molecule has 0 aromatic carbocycles. The van der Waals surface area contributed by atoms with Crippen molar-refractivity contribution in [2.75, 3.05) is 7.05 Å². The van der Waals surface area contributed by atoms with Gasteiger partial charge in [0.1, 0.15) is 0 Å². The molecule has 1 heterocycles. The Kier molecular flexibility index (Phi) is 4.83. The molecule has 1 rings (SSSR count). The van der Waals surface area contributed by atoms with Crippen molar-refractivity contribution < 1.29 is 42.6 Å². The number of carboxylic acids is 1. The third kappa shape index (κ3) is 2.57. The van der Waals surface area contributed by atoms with Crippen LogP contribution in [0.5, 0.6) is 0 Å². The molecule has 1 aliphatic heterocycles. The summed E-state index contributed by atoms with van der Waals surface area (Å²) in [6, 6.07) is 0. The van der Waals surface area contributed by atoms with Crippen molar-refractivity contribution in [2.45, 2.75) is 0 Å². The summed E-state index contributed by atoms with van der Waals surface area (Å²) in [6.07, 6.45) is 9.17. The molecular weight excluding hydrogens is 255 g/mol. The maximum Gasteiger partial charge on any atom is 0.249 e. The van der Waals surface area contributed by atoms with E-state index in [2.05, 4.69) is 18.7 Å². The average Bonchev–Trinajstić information content (AvgIpc) is 2.09. The molecular formula is C10H8NO2Y-. The molecule has 0 atom stereocenters.